The summed E-state index contributed by atoms with van der Waals surface area (Å²) in [6, 6.07) is 12.9. The first-order valence-electron chi connectivity index (χ1n) is 8.17. The Morgan fingerprint density at radius 2 is 1.93 bits per heavy atom. The number of nitrogens with zero attached hydrogens (tertiary/aromatic N) is 2. The molecule has 0 fully saturated rings. The molecule has 0 bridgehead atoms. The molecule has 1 aliphatic rings. The quantitative estimate of drug-likeness (QED) is 0.607. The lowest BCUT2D eigenvalue weighted by atomic mass is 10.2. The number of rotatable bonds is 5. The summed E-state index contributed by atoms with van der Waals surface area (Å²) in [6.07, 6.45) is 1.22. The van der Waals surface area contributed by atoms with Crippen LogP contribution in [-0.2, 0) is 9.59 Å². The topological polar surface area (TPSA) is 95.7 Å². The molecule has 8 heteroatoms. The highest BCUT2D eigenvalue weighted by Gasteiger charge is 2.30. The van der Waals surface area contributed by atoms with Gasteiger partial charge in [-0.15, -0.1) is 0 Å². The normalized spacial score (nSPS) is 14.1. The third kappa shape index (κ3) is 3.36. The molecule has 2 amide bonds. The van der Waals surface area contributed by atoms with E-state index in [1.54, 1.807) is 18.2 Å². The van der Waals surface area contributed by atoms with Crippen molar-refractivity contribution in [3.63, 3.8) is 0 Å². The Labute approximate surface area is 162 Å². The summed E-state index contributed by atoms with van der Waals surface area (Å²) < 4.78 is 6.75. The van der Waals surface area contributed by atoms with Crippen LogP contribution in [0.5, 0.6) is 0 Å². The molecule has 0 unspecified atom stereocenters. The fourth-order valence-electron chi connectivity index (χ4n) is 2.79. The van der Waals surface area contributed by atoms with Crippen LogP contribution < -0.4 is 5.32 Å². The van der Waals surface area contributed by atoms with Crippen LogP contribution in [0.15, 0.2) is 63.1 Å². The van der Waals surface area contributed by atoms with Crippen LogP contribution in [0.25, 0.3) is 22.6 Å². The van der Waals surface area contributed by atoms with Crippen LogP contribution >= 0.6 is 15.9 Å². The number of halogens is 1. The molecule has 2 heterocycles. The molecular formula is C19H14BrN3O4. The third-order valence-corrected chi connectivity index (χ3v) is 4.62. The Morgan fingerprint density at radius 3 is 2.67 bits per heavy atom. The monoisotopic (exact) mass is 427 g/mol. The Bertz CT molecular complexity index is 1070. The lowest BCUT2D eigenvalue weighted by Crippen LogP contribution is -2.34. The molecule has 27 heavy (non-hydrogen) atoms. The first kappa shape index (κ1) is 17.4. The number of anilines is 1. The number of nitrogens with one attached hydrogen (secondary N) is 1. The number of oxazole rings is 1. The molecule has 0 saturated heterocycles. The molecule has 7 nitrogen and oxygen atoms in total. The van der Waals surface area contributed by atoms with Gasteiger partial charge in [-0.05, 0) is 42.5 Å². The first-order chi connectivity index (χ1) is 13.0. The van der Waals surface area contributed by atoms with Crippen molar-refractivity contribution in [2.24, 2.45) is 0 Å². The molecule has 4 rings (SSSR count). The second-order valence-corrected chi connectivity index (χ2v) is 6.83. The number of β-amino-alcohol motifs (C(OH)–C–C–N with tert-alkyl or cyclic N) is 1. The van der Waals surface area contributed by atoms with Crippen LogP contribution in [-0.4, -0.2) is 40.0 Å². The number of aromatic nitrogens is 1. The van der Waals surface area contributed by atoms with Crippen molar-refractivity contribution >= 4 is 44.5 Å². The standard InChI is InChI=1S/C19H14BrN3O4/c20-12-3-1-11(2-4-12)18-22-14-9-13(5-6-16(14)27-18)21-15-10-17(25)23(7-8-24)19(15)26/h1-6,9-10,21,24H,7-8H2. The third-order valence-electron chi connectivity index (χ3n) is 4.09. The molecule has 2 N–H and O–H groups in total. The molecule has 0 spiro atoms. The number of fused-ring (bicyclic) bond motifs is 1. The zero-order valence-electron chi connectivity index (χ0n) is 14.0. The molecule has 0 atom stereocenters. The van der Waals surface area contributed by atoms with Gasteiger partial charge in [-0.3, -0.25) is 14.5 Å². The Morgan fingerprint density at radius 1 is 1.15 bits per heavy atom. The summed E-state index contributed by atoms with van der Waals surface area (Å²) in [5.41, 5.74) is 2.86. The van der Waals surface area contributed by atoms with Gasteiger partial charge >= 0.3 is 0 Å². The van der Waals surface area contributed by atoms with Gasteiger partial charge in [-0.25, -0.2) is 4.98 Å². The minimum atomic E-state index is -0.468. The number of carbonyl (C=O) groups excluding carboxylic acids is 2. The fraction of sp³-hybridized carbons (Fsp3) is 0.105. The van der Waals surface area contributed by atoms with E-state index in [0.717, 1.165) is 14.9 Å². The summed E-state index contributed by atoms with van der Waals surface area (Å²) in [7, 11) is 0. The number of hydrogen-bond donors (Lipinski definition) is 2. The van der Waals surface area contributed by atoms with E-state index >= 15 is 0 Å². The molecule has 2 aromatic carbocycles. The van der Waals surface area contributed by atoms with E-state index in [4.69, 9.17) is 9.52 Å². The fourth-order valence-corrected chi connectivity index (χ4v) is 3.05. The first-order valence-corrected chi connectivity index (χ1v) is 8.96. The van der Waals surface area contributed by atoms with Gasteiger partial charge in [0, 0.05) is 21.8 Å². The lowest BCUT2D eigenvalue weighted by molar-refractivity contribution is -0.137. The summed E-state index contributed by atoms with van der Waals surface area (Å²) in [6.45, 7) is -0.305. The van der Waals surface area contributed by atoms with Crippen molar-refractivity contribution < 1.29 is 19.1 Å². The molecule has 3 aromatic rings. The Hall–Kier alpha value is -2.97. The minimum Gasteiger partial charge on any atom is -0.436 e. The van der Waals surface area contributed by atoms with Crippen molar-refractivity contribution in [1.29, 1.82) is 0 Å². The molecule has 136 valence electrons. The number of aliphatic hydroxyl groups is 1. The van der Waals surface area contributed by atoms with Gasteiger partial charge in [0.25, 0.3) is 11.8 Å². The molecule has 0 radical (unpaired) electrons. The van der Waals surface area contributed by atoms with E-state index in [2.05, 4.69) is 26.2 Å². The van der Waals surface area contributed by atoms with Crippen molar-refractivity contribution in [2.45, 2.75) is 0 Å². The number of carbonyl (C=O) groups is 2. The molecular weight excluding hydrogens is 414 g/mol. The number of hydrogen-bond acceptors (Lipinski definition) is 6. The summed E-state index contributed by atoms with van der Waals surface area (Å²) in [5, 5.41) is 11.9. The van der Waals surface area contributed by atoms with Crippen LogP contribution in [0.3, 0.4) is 0 Å². The van der Waals surface area contributed by atoms with Gasteiger partial charge < -0.3 is 14.8 Å². The zero-order valence-corrected chi connectivity index (χ0v) is 15.6. The second kappa shape index (κ2) is 6.98. The van der Waals surface area contributed by atoms with Crippen molar-refractivity contribution in [1.82, 2.24) is 9.88 Å². The largest absolute Gasteiger partial charge is 0.436 e. The van der Waals surface area contributed by atoms with Gasteiger partial charge in [0.05, 0.1) is 13.2 Å². The molecule has 0 saturated carbocycles. The SMILES string of the molecule is O=C1C=C(Nc2ccc3oc(-c4ccc(Br)cc4)nc3c2)C(=O)N1CCO. The van der Waals surface area contributed by atoms with Crippen LogP contribution in [0.4, 0.5) is 5.69 Å². The average molecular weight is 428 g/mol. The summed E-state index contributed by atoms with van der Waals surface area (Å²) >= 11 is 3.39. The van der Waals surface area contributed by atoms with E-state index in [-0.39, 0.29) is 18.8 Å². The van der Waals surface area contributed by atoms with Crippen LogP contribution in [0.1, 0.15) is 0 Å². The van der Waals surface area contributed by atoms with E-state index in [0.29, 0.717) is 22.7 Å². The van der Waals surface area contributed by atoms with Crippen LogP contribution in [0.2, 0.25) is 0 Å². The maximum absolute atomic E-state index is 12.2. The summed E-state index contributed by atoms with van der Waals surface area (Å²) in [5.74, 6) is -0.420. The maximum Gasteiger partial charge on any atom is 0.277 e. The number of imide groups is 1. The van der Waals surface area contributed by atoms with E-state index < -0.39 is 11.8 Å². The van der Waals surface area contributed by atoms with Gasteiger partial charge in [-0.1, -0.05) is 15.9 Å². The zero-order chi connectivity index (χ0) is 19.0. The number of benzene rings is 2. The van der Waals surface area contributed by atoms with E-state index in [1.807, 2.05) is 24.3 Å². The van der Waals surface area contributed by atoms with Crippen LogP contribution in [0, 0.1) is 0 Å². The van der Waals surface area contributed by atoms with Crippen molar-refractivity contribution in [3.8, 4) is 11.5 Å². The van der Waals surface area contributed by atoms with Gasteiger partial charge in [-0.2, -0.15) is 0 Å². The molecule has 1 aliphatic heterocycles. The number of amides is 2. The predicted molar refractivity (Wildman–Crippen MR) is 103 cm³/mol. The lowest BCUT2D eigenvalue weighted by Gasteiger charge is -2.13. The second-order valence-electron chi connectivity index (χ2n) is 5.91. The predicted octanol–water partition coefficient (Wildman–Crippen LogP) is 2.91. The maximum atomic E-state index is 12.2. The smallest absolute Gasteiger partial charge is 0.277 e. The Kier molecular flexibility index (Phi) is 4.51. The van der Waals surface area contributed by atoms with Gasteiger partial charge in [0.2, 0.25) is 5.89 Å². The summed E-state index contributed by atoms with van der Waals surface area (Å²) in [4.78, 5) is 29.5. The highest BCUT2D eigenvalue weighted by atomic mass is 79.9. The highest BCUT2D eigenvalue weighted by molar-refractivity contribution is 9.10. The number of aliphatic hydroxyl groups excluding tert-OH is 1. The van der Waals surface area contributed by atoms with Crippen molar-refractivity contribution in [3.05, 3.63) is 58.7 Å². The molecule has 0 aliphatic carbocycles. The van der Waals surface area contributed by atoms with E-state index in [1.165, 1.54) is 6.08 Å². The van der Waals surface area contributed by atoms with Gasteiger partial charge in [0.15, 0.2) is 5.58 Å². The van der Waals surface area contributed by atoms with Gasteiger partial charge in [0.1, 0.15) is 11.2 Å². The minimum absolute atomic E-state index is 0.0295. The molecule has 1 aromatic heterocycles. The van der Waals surface area contributed by atoms with Crippen molar-refractivity contribution in [2.75, 3.05) is 18.5 Å². The highest BCUT2D eigenvalue weighted by Crippen LogP contribution is 2.28. The van der Waals surface area contributed by atoms with E-state index in [9.17, 15) is 9.59 Å². The Balaban J connectivity index is 1.59. The average Bonchev–Trinajstić information content (AvgIpc) is 3.19.